The van der Waals surface area contributed by atoms with Gasteiger partial charge >= 0.3 is 107 Å². The third kappa shape index (κ3) is 9.14. The first-order valence-electron chi connectivity index (χ1n) is 0. The van der Waals surface area contributed by atoms with E-state index < -0.39 is 0 Å². The molecule has 0 aliphatic carbocycles. The van der Waals surface area contributed by atoms with Crippen molar-refractivity contribution in [1.82, 2.24) is 0 Å². The van der Waals surface area contributed by atoms with Gasteiger partial charge in [-0.05, 0) is 0 Å². The van der Waals surface area contributed by atoms with Gasteiger partial charge in [0.2, 0.25) is 0 Å². The Hall–Kier alpha value is 3.60. The maximum atomic E-state index is 0. The molecular formula is H10Na2Sn2. The van der Waals surface area contributed by atoms with E-state index >= 15 is 0 Å². The van der Waals surface area contributed by atoms with Crippen LogP contribution in [0, 0.1) is 0 Å². The van der Waals surface area contributed by atoms with E-state index in [9.17, 15) is 0 Å². The molecule has 0 spiro atoms. The van der Waals surface area contributed by atoms with Gasteiger partial charge in [0.25, 0.3) is 0 Å². The molecule has 0 heterocycles. The molecule has 0 rings (SSSR count). The summed E-state index contributed by atoms with van der Waals surface area (Å²) in [6.45, 7) is 0. The van der Waals surface area contributed by atoms with E-state index in [0.29, 0.717) is 0 Å². The molecule has 0 saturated carbocycles. The zero-order chi connectivity index (χ0) is 0. The Bertz CT molecular complexity index is 4.00. The molecule has 0 atom stereocenters. The molecule has 0 saturated heterocycles. The van der Waals surface area contributed by atoms with Crippen LogP contribution < -0.4 is 0 Å². The van der Waals surface area contributed by atoms with E-state index in [4.69, 9.17) is 0 Å². The minimum atomic E-state index is 0. The summed E-state index contributed by atoms with van der Waals surface area (Å²) in [5.41, 5.74) is 0. The molecule has 0 nitrogen and oxygen atoms in total. The monoisotopic (exact) mass is 296 g/mol. The summed E-state index contributed by atoms with van der Waals surface area (Å²) in [7, 11) is 0. The fraction of sp³-hybridized carbons (Fsp3) is 0. The van der Waals surface area contributed by atoms with Gasteiger partial charge in [-0.1, -0.05) is 0 Å². The Morgan fingerprint density at radius 2 is 0.500 bits per heavy atom. The Labute approximate surface area is 104 Å². The molecule has 0 fully saturated rings. The van der Waals surface area contributed by atoms with Crippen LogP contribution in [-0.2, 0) is 0 Å². The molecule has 0 aromatic carbocycles. The SMILES string of the molecule is [NaH].[NaH].[SnH4].[SnH4]. The number of rotatable bonds is 0. The quantitative estimate of drug-likeness (QED) is 0.398. The van der Waals surface area contributed by atoms with Gasteiger partial charge in [0.05, 0.1) is 0 Å². The van der Waals surface area contributed by atoms with Crippen molar-refractivity contribution in [2.45, 2.75) is 0 Å². The Morgan fingerprint density at radius 1 is 0.500 bits per heavy atom. The molecule has 0 N–H and O–H groups in total. The van der Waals surface area contributed by atoms with Gasteiger partial charge in [-0.25, -0.2) is 0 Å². The average Bonchev–Trinajstić information content (AvgIpc) is 0. The summed E-state index contributed by atoms with van der Waals surface area (Å²) in [5.74, 6) is 0. The molecule has 0 radical (unpaired) electrons. The summed E-state index contributed by atoms with van der Waals surface area (Å²) in [5, 5.41) is 0. The first kappa shape index (κ1) is 25.6. The zero-order valence-electron chi connectivity index (χ0n) is 0. The fourth-order valence-electron chi connectivity index (χ4n) is 0. The van der Waals surface area contributed by atoms with Crippen LogP contribution in [0.2, 0.25) is 0 Å². The van der Waals surface area contributed by atoms with Gasteiger partial charge in [-0.3, -0.25) is 0 Å². The topological polar surface area (TPSA) is 0 Å². The molecule has 20 valence electrons. The van der Waals surface area contributed by atoms with Crippen molar-refractivity contribution in [3.05, 3.63) is 0 Å². The van der Waals surface area contributed by atoms with Crippen LogP contribution in [0.25, 0.3) is 0 Å². The summed E-state index contributed by atoms with van der Waals surface area (Å²) < 4.78 is 0. The van der Waals surface area contributed by atoms with Gasteiger partial charge in [0, 0.05) is 0 Å². The molecular weight excluding hydrogens is 283 g/mol. The van der Waals surface area contributed by atoms with Crippen molar-refractivity contribution in [2.24, 2.45) is 0 Å². The first-order valence-corrected chi connectivity index (χ1v) is 0. The zero-order valence-corrected chi connectivity index (χ0v) is 0. The van der Waals surface area contributed by atoms with E-state index in [1.807, 2.05) is 0 Å². The van der Waals surface area contributed by atoms with Crippen molar-refractivity contribution >= 4 is 107 Å². The normalized spacial score (nSPS) is 0. The molecule has 0 aromatic heterocycles. The number of hydrogen-bond donors (Lipinski definition) is 0. The summed E-state index contributed by atoms with van der Waals surface area (Å²) in [6.07, 6.45) is 0. The van der Waals surface area contributed by atoms with E-state index in [0.717, 1.165) is 0 Å². The van der Waals surface area contributed by atoms with E-state index in [1.165, 1.54) is 0 Å². The molecule has 0 bridgehead atoms. The minimum absolute atomic E-state index is 0. The summed E-state index contributed by atoms with van der Waals surface area (Å²) >= 11 is 0. The van der Waals surface area contributed by atoms with Gasteiger partial charge in [-0.15, -0.1) is 0 Å². The second kappa shape index (κ2) is 16.0. The number of hydrogen-bond acceptors (Lipinski definition) is 0. The van der Waals surface area contributed by atoms with Crippen LogP contribution in [-0.4, -0.2) is 107 Å². The second-order valence-corrected chi connectivity index (χ2v) is 0. The van der Waals surface area contributed by atoms with Crippen LogP contribution in [0.1, 0.15) is 0 Å². The predicted molar refractivity (Wildman–Crippen MR) is 37.0 cm³/mol. The molecule has 4 heavy (non-hydrogen) atoms. The van der Waals surface area contributed by atoms with Gasteiger partial charge in [-0.2, -0.15) is 0 Å². The summed E-state index contributed by atoms with van der Waals surface area (Å²) in [4.78, 5) is 0. The average molecular weight is 293 g/mol. The van der Waals surface area contributed by atoms with Gasteiger partial charge in [0.1, 0.15) is 0 Å². The third-order valence-electron chi connectivity index (χ3n) is 0. The van der Waals surface area contributed by atoms with E-state index in [2.05, 4.69) is 0 Å². The maximum absolute atomic E-state index is 0. The summed E-state index contributed by atoms with van der Waals surface area (Å²) in [6, 6.07) is 0. The van der Waals surface area contributed by atoms with Crippen molar-refractivity contribution in [3.63, 3.8) is 0 Å². The van der Waals surface area contributed by atoms with Gasteiger partial charge in [0.15, 0.2) is 0 Å². The Kier molecular flexibility index (Phi) is 102. The molecule has 0 aromatic rings. The molecule has 0 amide bonds. The Morgan fingerprint density at radius 3 is 0.500 bits per heavy atom. The standard InChI is InChI=1S/2Na.2Sn.10H. The molecule has 0 unspecified atom stereocenters. The van der Waals surface area contributed by atoms with Crippen molar-refractivity contribution < 1.29 is 0 Å². The van der Waals surface area contributed by atoms with E-state index in [-0.39, 0.29) is 107 Å². The molecule has 4 heteroatoms. The van der Waals surface area contributed by atoms with Crippen molar-refractivity contribution in [3.8, 4) is 0 Å². The van der Waals surface area contributed by atoms with Crippen molar-refractivity contribution in [2.75, 3.05) is 0 Å². The van der Waals surface area contributed by atoms with Crippen LogP contribution in [0.3, 0.4) is 0 Å². The molecule has 0 aliphatic rings. The Balaban J connectivity index is 0. The second-order valence-electron chi connectivity index (χ2n) is 0. The van der Waals surface area contributed by atoms with Crippen LogP contribution in [0.15, 0.2) is 0 Å². The third-order valence-corrected chi connectivity index (χ3v) is 0. The van der Waals surface area contributed by atoms with Crippen LogP contribution >= 0.6 is 0 Å². The van der Waals surface area contributed by atoms with Crippen LogP contribution in [0.5, 0.6) is 0 Å². The van der Waals surface area contributed by atoms with Gasteiger partial charge < -0.3 is 0 Å². The predicted octanol–water partition coefficient (Wildman–Crippen LogP) is -4.20. The van der Waals surface area contributed by atoms with E-state index in [1.54, 1.807) is 0 Å². The fourth-order valence-corrected chi connectivity index (χ4v) is 0. The van der Waals surface area contributed by atoms with Crippen molar-refractivity contribution in [1.29, 1.82) is 0 Å². The first-order chi connectivity index (χ1) is 0. The van der Waals surface area contributed by atoms with Crippen LogP contribution in [0.4, 0.5) is 0 Å². The molecule has 0 aliphatic heterocycles.